The Morgan fingerprint density at radius 2 is 2.24 bits per heavy atom. The highest BCUT2D eigenvalue weighted by atomic mass is 19.1. The zero-order chi connectivity index (χ0) is 12.6. The number of aromatic carboxylic acids is 1. The van der Waals surface area contributed by atoms with E-state index in [2.05, 4.69) is 0 Å². The van der Waals surface area contributed by atoms with Gasteiger partial charge in [0.25, 0.3) is 0 Å². The van der Waals surface area contributed by atoms with E-state index in [4.69, 9.17) is 10.8 Å². The van der Waals surface area contributed by atoms with Gasteiger partial charge in [-0.05, 0) is 31.9 Å². The van der Waals surface area contributed by atoms with Crippen molar-refractivity contribution in [1.29, 1.82) is 0 Å². The topological polar surface area (TPSA) is 66.6 Å². The summed E-state index contributed by atoms with van der Waals surface area (Å²) < 4.78 is 13.8. The van der Waals surface area contributed by atoms with Crippen LogP contribution in [0.2, 0.25) is 0 Å². The van der Waals surface area contributed by atoms with Crippen LogP contribution in [0.15, 0.2) is 12.1 Å². The third kappa shape index (κ3) is 2.18. The van der Waals surface area contributed by atoms with Crippen LogP contribution in [0.3, 0.4) is 0 Å². The minimum atomic E-state index is -1.13. The molecule has 0 atom stereocenters. The minimum Gasteiger partial charge on any atom is -0.478 e. The van der Waals surface area contributed by atoms with E-state index >= 15 is 0 Å². The number of hydrogen-bond acceptors (Lipinski definition) is 3. The molecule has 2 rings (SSSR count). The average molecular weight is 238 g/mol. The molecular weight excluding hydrogens is 223 g/mol. The molecule has 0 heterocycles. The standard InChI is InChI=1S/C12H15FN2O2/c1-2-15(7-3-4-7)11-5-8(12(16)17)10(14)6-9(11)13/h5-7H,2-4,14H2,1H3,(H,16,17). The lowest BCUT2D eigenvalue weighted by atomic mass is 10.1. The second kappa shape index (κ2) is 4.24. The van der Waals surface area contributed by atoms with Gasteiger partial charge < -0.3 is 15.7 Å². The van der Waals surface area contributed by atoms with Crippen molar-refractivity contribution in [1.82, 2.24) is 0 Å². The molecule has 0 bridgehead atoms. The first kappa shape index (κ1) is 11.7. The van der Waals surface area contributed by atoms with Crippen LogP contribution >= 0.6 is 0 Å². The number of nitrogens with zero attached hydrogens (tertiary/aromatic N) is 1. The summed E-state index contributed by atoms with van der Waals surface area (Å²) in [7, 11) is 0. The van der Waals surface area contributed by atoms with Gasteiger partial charge in [-0.1, -0.05) is 0 Å². The van der Waals surface area contributed by atoms with Crippen LogP contribution in [0.25, 0.3) is 0 Å². The van der Waals surface area contributed by atoms with Crippen molar-refractivity contribution in [2.75, 3.05) is 17.2 Å². The maximum absolute atomic E-state index is 13.8. The molecule has 1 fully saturated rings. The summed E-state index contributed by atoms with van der Waals surface area (Å²) in [6.45, 7) is 2.58. The van der Waals surface area contributed by atoms with Crippen molar-refractivity contribution < 1.29 is 14.3 Å². The molecule has 3 N–H and O–H groups in total. The van der Waals surface area contributed by atoms with Crippen molar-refractivity contribution in [3.8, 4) is 0 Å². The Morgan fingerprint density at radius 1 is 1.59 bits per heavy atom. The molecule has 4 nitrogen and oxygen atoms in total. The van der Waals surface area contributed by atoms with Crippen LogP contribution in [0.5, 0.6) is 0 Å². The molecule has 1 aromatic carbocycles. The Morgan fingerprint density at radius 3 is 2.71 bits per heavy atom. The number of carbonyl (C=O) groups is 1. The molecule has 0 aliphatic heterocycles. The Hall–Kier alpha value is -1.78. The molecule has 0 unspecified atom stereocenters. The molecule has 0 saturated heterocycles. The summed E-state index contributed by atoms with van der Waals surface area (Å²) in [5.41, 5.74) is 5.74. The van der Waals surface area contributed by atoms with Crippen LogP contribution in [-0.2, 0) is 0 Å². The number of carboxylic acids is 1. The molecular formula is C12H15FN2O2. The molecule has 0 amide bonds. The SMILES string of the molecule is CCN(c1cc(C(=O)O)c(N)cc1F)C1CC1. The lowest BCUT2D eigenvalue weighted by Gasteiger charge is -2.24. The van der Waals surface area contributed by atoms with E-state index in [1.807, 2.05) is 11.8 Å². The number of rotatable bonds is 4. The summed E-state index contributed by atoms with van der Waals surface area (Å²) in [5, 5.41) is 8.97. The fourth-order valence-corrected chi connectivity index (χ4v) is 1.99. The van der Waals surface area contributed by atoms with E-state index in [-0.39, 0.29) is 11.3 Å². The van der Waals surface area contributed by atoms with Crippen LogP contribution in [0.4, 0.5) is 15.8 Å². The van der Waals surface area contributed by atoms with Gasteiger partial charge in [0, 0.05) is 18.3 Å². The van der Waals surface area contributed by atoms with E-state index in [0.29, 0.717) is 18.3 Å². The molecule has 0 radical (unpaired) electrons. The molecule has 0 spiro atoms. The van der Waals surface area contributed by atoms with E-state index in [1.165, 1.54) is 6.07 Å². The average Bonchev–Trinajstić information content (AvgIpc) is 3.05. The normalized spacial score (nSPS) is 14.7. The van der Waals surface area contributed by atoms with Crippen LogP contribution < -0.4 is 10.6 Å². The Kier molecular flexibility index (Phi) is 2.92. The fourth-order valence-electron chi connectivity index (χ4n) is 1.99. The Balaban J connectivity index is 2.44. The van der Waals surface area contributed by atoms with E-state index in [9.17, 15) is 9.18 Å². The first-order valence-corrected chi connectivity index (χ1v) is 5.63. The smallest absolute Gasteiger partial charge is 0.337 e. The molecule has 1 aromatic rings. The lowest BCUT2D eigenvalue weighted by molar-refractivity contribution is 0.0698. The number of nitrogens with two attached hydrogens (primary N) is 1. The highest BCUT2D eigenvalue weighted by molar-refractivity contribution is 5.95. The number of benzene rings is 1. The minimum absolute atomic E-state index is 0.0365. The van der Waals surface area contributed by atoms with Crippen molar-refractivity contribution in [3.63, 3.8) is 0 Å². The third-order valence-corrected chi connectivity index (χ3v) is 2.99. The molecule has 1 aliphatic carbocycles. The first-order valence-electron chi connectivity index (χ1n) is 5.63. The van der Waals surface area contributed by atoms with Gasteiger partial charge in [0.15, 0.2) is 0 Å². The van der Waals surface area contributed by atoms with Crippen molar-refractivity contribution >= 4 is 17.3 Å². The van der Waals surface area contributed by atoms with Gasteiger partial charge in [-0.25, -0.2) is 9.18 Å². The zero-order valence-electron chi connectivity index (χ0n) is 9.61. The van der Waals surface area contributed by atoms with Crippen molar-refractivity contribution in [2.45, 2.75) is 25.8 Å². The molecule has 1 saturated carbocycles. The number of anilines is 2. The van der Waals surface area contributed by atoms with E-state index in [0.717, 1.165) is 18.9 Å². The predicted octanol–water partition coefficient (Wildman–Crippen LogP) is 2.09. The third-order valence-electron chi connectivity index (χ3n) is 2.99. The monoisotopic (exact) mass is 238 g/mol. The number of nitrogen functional groups attached to an aromatic ring is 1. The Labute approximate surface area is 98.8 Å². The maximum atomic E-state index is 13.8. The Bertz CT molecular complexity index is 458. The molecule has 92 valence electrons. The van der Waals surface area contributed by atoms with Crippen LogP contribution in [0, 0.1) is 5.82 Å². The fraction of sp³-hybridized carbons (Fsp3) is 0.417. The second-order valence-corrected chi connectivity index (χ2v) is 4.21. The van der Waals surface area contributed by atoms with Gasteiger partial charge in [-0.3, -0.25) is 0 Å². The molecule has 17 heavy (non-hydrogen) atoms. The van der Waals surface area contributed by atoms with Gasteiger partial charge in [0.05, 0.1) is 11.3 Å². The summed E-state index contributed by atoms with van der Waals surface area (Å²) in [6.07, 6.45) is 2.06. The largest absolute Gasteiger partial charge is 0.478 e. The van der Waals surface area contributed by atoms with Crippen molar-refractivity contribution in [3.05, 3.63) is 23.5 Å². The predicted molar refractivity (Wildman–Crippen MR) is 63.8 cm³/mol. The van der Waals surface area contributed by atoms with E-state index < -0.39 is 11.8 Å². The van der Waals surface area contributed by atoms with Crippen LogP contribution in [0.1, 0.15) is 30.1 Å². The maximum Gasteiger partial charge on any atom is 0.337 e. The van der Waals surface area contributed by atoms with E-state index in [1.54, 1.807) is 0 Å². The zero-order valence-corrected chi connectivity index (χ0v) is 9.61. The number of halogens is 1. The summed E-state index contributed by atoms with van der Waals surface area (Å²) in [6, 6.07) is 2.75. The summed E-state index contributed by atoms with van der Waals surface area (Å²) >= 11 is 0. The lowest BCUT2D eigenvalue weighted by Crippen LogP contribution is -2.26. The van der Waals surface area contributed by atoms with Gasteiger partial charge in [-0.2, -0.15) is 0 Å². The summed E-state index contributed by atoms with van der Waals surface area (Å²) in [4.78, 5) is 12.9. The van der Waals surface area contributed by atoms with Gasteiger partial charge >= 0.3 is 5.97 Å². The molecule has 5 heteroatoms. The summed E-state index contributed by atoms with van der Waals surface area (Å²) in [5.74, 6) is -1.59. The highest BCUT2D eigenvalue weighted by Gasteiger charge is 2.30. The van der Waals surface area contributed by atoms with Gasteiger partial charge in [0.1, 0.15) is 5.82 Å². The first-order chi connectivity index (χ1) is 8.04. The van der Waals surface area contributed by atoms with Crippen molar-refractivity contribution in [2.24, 2.45) is 0 Å². The highest BCUT2D eigenvalue weighted by Crippen LogP contribution is 2.34. The van der Waals surface area contributed by atoms with Gasteiger partial charge in [0.2, 0.25) is 0 Å². The second-order valence-electron chi connectivity index (χ2n) is 4.21. The molecule has 0 aromatic heterocycles. The quantitative estimate of drug-likeness (QED) is 0.788. The number of carboxylic acid groups (broad SMARTS) is 1. The molecule has 1 aliphatic rings. The van der Waals surface area contributed by atoms with Gasteiger partial charge in [-0.15, -0.1) is 0 Å². The van der Waals surface area contributed by atoms with Crippen LogP contribution in [-0.4, -0.2) is 23.7 Å². The number of hydrogen-bond donors (Lipinski definition) is 2.